The van der Waals surface area contributed by atoms with E-state index in [0.29, 0.717) is 32.5 Å². The summed E-state index contributed by atoms with van der Waals surface area (Å²) in [6.45, 7) is 1.64. The van der Waals surface area contributed by atoms with Crippen molar-refractivity contribution in [2.24, 2.45) is 5.92 Å². The third-order valence-corrected chi connectivity index (χ3v) is 6.49. The van der Waals surface area contributed by atoms with Gasteiger partial charge in [-0.25, -0.2) is 8.42 Å². The molecule has 132 valence electrons. The molecule has 8 nitrogen and oxygen atoms in total. The lowest BCUT2D eigenvalue weighted by molar-refractivity contribution is -0.142. The van der Waals surface area contributed by atoms with Crippen LogP contribution >= 0.6 is 0 Å². The van der Waals surface area contributed by atoms with Gasteiger partial charge in [0.25, 0.3) is 5.91 Å². The van der Waals surface area contributed by atoms with Crippen molar-refractivity contribution in [1.29, 1.82) is 0 Å². The second kappa shape index (κ2) is 6.56. The number of hydrogen-bond donors (Lipinski definition) is 2. The number of amides is 1. The fourth-order valence-electron chi connectivity index (χ4n) is 3.25. The van der Waals surface area contributed by atoms with Crippen LogP contribution in [0, 0.1) is 5.92 Å². The highest BCUT2D eigenvalue weighted by Crippen LogP contribution is 2.25. The maximum absolute atomic E-state index is 12.7. The molecule has 0 aliphatic carbocycles. The van der Waals surface area contributed by atoms with Crippen molar-refractivity contribution in [3.63, 3.8) is 0 Å². The molecule has 1 amide bonds. The number of aliphatic carboxylic acids is 1. The van der Waals surface area contributed by atoms with E-state index in [-0.39, 0.29) is 23.0 Å². The van der Waals surface area contributed by atoms with E-state index in [1.54, 1.807) is 4.90 Å². The molecular formula is C15H21N3O5S. The van der Waals surface area contributed by atoms with Gasteiger partial charge in [-0.15, -0.1) is 0 Å². The number of hydrogen-bond acceptors (Lipinski definition) is 4. The smallest absolute Gasteiger partial charge is 0.307 e. The fraction of sp³-hybridized carbons (Fsp3) is 0.600. The summed E-state index contributed by atoms with van der Waals surface area (Å²) in [6.07, 6.45) is 4.22. The Morgan fingerprint density at radius 3 is 2.54 bits per heavy atom. The van der Waals surface area contributed by atoms with Crippen LogP contribution in [0.1, 0.15) is 36.2 Å². The van der Waals surface area contributed by atoms with Gasteiger partial charge in [0.2, 0.25) is 10.0 Å². The van der Waals surface area contributed by atoms with Crippen molar-refractivity contribution in [3.8, 4) is 0 Å². The first-order chi connectivity index (χ1) is 11.4. The van der Waals surface area contributed by atoms with Gasteiger partial charge in [-0.3, -0.25) is 9.59 Å². The van der Waals surface area contributed by atoms with E-state index < -0.39 is 21.9 Å². The maximum Gasteiger partial charge on any atom is 0.307 e. The highest BCUT2D eigenvalue weighted by molar-refractivity contribution is 7.89. The highest BCUT2D eigenvalue weighted by Gasteiger charge is 2.34. The Kier molecular flexibility index (Phi) is 4.64. The Labute approximate surface area is 140 Å². The minimum absolute atomic E-state index is 0.0103. The number of nitrogens with one attached hydrogen (secondary N) is 1. The second-order valence-electron chi connectivity index (χ2n) is 6.29. The van der Waals surface area contributed by atoms with Crippen LogP contribution in [0.5, 0.6) is 0 Å². The number of carbonyl (C=O) groups is 2. The Morgan fingerprint density at radius 2 is 1.88 bits per heavy atom. The average Bonchev–Trinajstić information content (AvgIpc) is 3.26. The third-order valence-electron chi connectivity index (χ3n) is 4.65. The van der Waals surface area contributed by atoms with Crippen LogP contribution in [0.3, 0.4) is 0 Å². The van der Waals surface area contributed by atoms with Gasteiger partial charge in [-0.05, 0) is 31.7 Å². The summed E-state index contributed by atoms with van der Waals surface area (Å²) in [6, 6.07) is 1.35. The van der Waals surface area contributed by atoms with Crippen molar-refractivity contribution in [3.05, 3.63) is 18.0 Å². The Hall–Kier alpha value is -1.87. The molecule has 0 aromatic carbocycles. The predicted octanol–water partition coefficient (Wildman–Crippen LogP) is 0.736. The molecule has 2 aliphatic heterocycles. The van der Waals surface area contributed by atoms with E-state index in [9.17, 15) is 18.0 Å². The van der Waals surface area contributed by atoms with Gasteiger partial charge < -0.3 is 15.0 Å². The lowest BCUT2D eigenvalue weighted by Gasteiger charge is -2.29. The third kappa shape index (κ3) is 3.18. The van der Waals surface area contributed by atoms with E-state index in [1.165, 1.54) is 16.6 Å². The minimum atomic E-state index is -3.80. The molecule has 0 saturated carbocycles. The van der Waals surface area contributed by atoms with Crippen LogP contribution in [0.4, 0.5) is 0 Å². The quantitative estimate of drug-likeness (QED) is 0.827. The zero-order valence-corrected chi connectivity index (χ0v) is 14.1. The molecule has 2 saturated heterocycles. The van der Waals surface area contributed by atoms with E-state index >= 15 is 0 Å². The van der Waals surface area contributed by atoms with Gasteiger partial charge in [0.15, 0.2) is 0 Å². The number of carboxylic acids is 1. The van der Waals surface area contributed by atoms with Gasteiger partial charge in [-0.1, -0.05) is 0 Å². The largest absolute Gasteiger partial charge is 0.481 e. The first-order valence-corrected chi connectivity index (χ1v) is 9.54. The van der Waals surface area contributed by atoms with Gasteiger partial charge >= 0.3 is 5.97 Å². The number of likely N-dealkylation sites (tertiary alicyclic amines) is 1. The second-order valence-corrected chi connectivity index (χ2v) is 8.23. The minimum Gasteiger partial charge on any atom is -0.481 e. The molecule has 0 radical (unpaired) electrons. The first kappa shape index (κ1) is 17.0. The monoisotopic (exact) mass is 355 g/mol. The summed E-state index contributed by atoms with van der Waals surface area (Å²) < 4.78 is 26.6. The zero-order valence-electron chi connectivity index (χ0n) is 13.3. The molecule has 2 aliphatic rings. The lowest BCUT2D eigenvalue weighted by Crippen LogP contribution is -2.42. The predicted molar refractivity (Wildman–Crippen MR) is 85.0 cm³/mol. The van der Waals surface area contributed by atoms with Crippen LogP contribution in [-0.4, -0.2) is 65.8 Å². The summed E-state index contributed by atoms with van der Waals surface area (Å²) in [5.74, 6) is -1.86. The molecule has 0 unspecified atom stereocenters. The standard InChI is InChI=1S/C15H21N3O5S/c19-14(17-5-1-2-6-17)13-8-12(9-16-13)24(22,23)18-7-3-4-11(10-18)15(20)21/h8-9,11,16H,1-7,10H2,(H,20,21)/t11-/m0/s1. The van der Waals surface area contributed by atoms with Crippen LogP contribution < -0.4 is 0 Å². The molecule has 3 rings (SSSR count). The highest BCUT2D eigenvalue weighted by atomic mass is 32.2. The van der Waals surface area contributed by atoms with Crippen molar-refractivity contribution in [2.75, 3.05) is 26.2 Å². The summed E-state index contributed by atoms with van der Waals surface area (Å²) >= 11 is 0. The number of carbonyl (C=O) groups excluding carboxylic acids is 1. The van der Waals surface area contributed by atoms with Crippen molar-refractivity contribution in [1.82, 2.24) is 14.2 Å². The zero-order chi connectivity index (χ0) is 17.3. The lowest BCUT2D eigenvalue weighted by atomic mass is 10.0. The molecule has 2 N–H and O–H groups in total. The Morgan fingerprint density at radius 1 is 1.17 bits per heavy atom. The van der Waals surface area contributed by atoms with Crippen molar-refractivity contribution >= 4 is 21.9 Å². The van der Waals surface area contributed by atoms with Crippen LogP contribution in [-0.2, 0) is 14.8 Å². The van der Waals surface area contributed by atoms with Crippen molar-refractivity contribution in [2.45, 2.75) is 30.6 Å². The summed E-state index contributed by atoms with van der Waals surface area (Å²) in [4.78, 5) is 27.9. The number of nitrogens with zero attached hydrogens (tertiary/aromatic N) is 2. The molecule has 0 spiro atoms. The number of aromatic nitrogens is 1. The average molecular weight is 355 g/mol. The van der Waals surface area contributed by atoms with Gasteiger partial charge in [0, 0.05) is 32.4 Å². The molecule has 0 bridgehead atoms. The molecule has 9 heteroatoms. The Balaban J connectivity index is 1.77. The number of sulfonamides is 1. The molecule has 1 aromatic rings. The van der Waals surface area contributed by atoms with Gasteiger partial charge in [-0.2, -0.15) is 4.31 Å². The normalized spacial score (nSPS) is 22.7. The molecule has 3 heterocycles. The fourth-order valence-corrected chi connectivity index (χ4v) is 4.77. The van der Waals surface area contributed by atoms with Gasteiger partial charge in [0.05, 0.1) is 5.92 Å². The van der Waals surface area contributed by atoms with E-state index in [0.717, 1.165) is 12.8 Å². The summed E-state index contributed by atoms with van der Waals surface area (Å²) in [5.41, 5.74) is 0.252. The van der Waals surface area contributed by atoms with Crippen LogP contribution in [0.2, 0.25) is 0 Å². The van der Waals surface area contributed by atoms with E-state index in [4.69, 9.17) is 5.11 Å². The summed E-state index contributed by atoms with van der Waals surface area (Å²) in [5, 5.41) is 9.11. The number of rotatable bonds is 4. The molecule has 1 atom stereocenters. The van der Waals surface area contributed by atoms with Crippen LogP contribution in [0.15, 0.2) is 17.2 Å². The molecular weight excluding hydrogens is 334 g/mol. The van der Waals surface area contributed by atoms with Crippen LogP contribution in [0.25, 0.3) is 0 Å². The summed E-state index contributed by atoms with van der Waals surface area (Å²) in [7, 11) is -3.80. The Bertz CT molecular complexity index is 736. The van der Waals surface area contributed by atoms with E-state index in [1.807, 2.05) is 0 Å². The molecule has 2 fully saturated rings. The number of carboxylic acid groups (broad SMARTS) is 1. The SMILES string of the molecule is O=C(O)[C@H]1CCCN(S(=O)(=O)c2c[nH]c(C(=O)N3CCCC3)c2)C1. The first-order valence-electron chi connectivity index (χ1n) is 8.10. The van der Waals surface area contributed by atoms with Gasteiger partial charge in [0.1, 0.15) is 10.6 Å². The van der Waals surface area contributed by atoms with E-state index in [2.05, 4.69) is 4.98 Å². The molecule has 1 aromatic heterocycles. The van der Waals surface area contributed by atoms with Crippen molar-refractivity contribution < 1.29 is 23.1 Å². The number of H-pyrrole nitrogens is 1. The maximum atomic E-state index is 12.7. The molecule has 24 heavy (non-hydrogen) atoms. The topological polar surface area (TPSA) is 111 Å². The number of aromatic amines is 1. The number of piperidine rings is 1.